The molecule has 0 heterocycles. The maximum atomic E-state index is 11.3. The molecule has 2 atom stereocenters. The number of aromatic hydroxyl groups is 2. The van der Waals surface area contributed by atoms with E-state index in [-0.39, 0.29) is 34.4 Å². The summed E-state index contributed by atoms with van der Waals surface area (Å²) in [6.07, 6.45) is 0. The summed E-state index contributed by atoms with van der Waals surface area (Å²) in [5.74, 6) is 0.604. The highest BCUT2D eigenvalue weighted by Gasteiger charge is 2.28. The van der Waals surface area contributed by atoms with Gasteiger partial charge in [0.2, 0.25) is 0 Å². The number of rotatable bonds is 11. The second-order valence-corrected chi connectivity index (χ2v) is 13.6. The van der Waals surface area contributed by atoms with E-state index in [1.807, 2.05) is 36.4 Å². The lowest BCUT2D eigenvalue weighted by atomic mass is 9.82. The fraction of sp³-hybridized carbons (Fsp3) is 0.368. The van der Waals surface area contributed by atoms with Gasteiger partial charge in [-0.25, -0.2) is 0 Å². The number of hydrogen-bond acceptors (Lipinski definition) is 6. The topological polar surface area (TPSA) is 83.0 Å². The highest BCUT2D eigenvalue weighted by molar-refractivity contribution is 5.81. The number of ether oxygens (including phenoxy) is 2. The number of benzene rings is 4. The van der Waals surface area contributed by atoms with Crippen LogP contribution in [0.5, 0.6) is 23.0 Å². The van der Waals surface area contributed by atoms with E-state index < -0.39 is 0 Å². The smallest absolute Gasteiger partial charge is 0.165 e. The van der Waals surface area contributed by atoms with Gasteiger partial charge in [0.1, 0.15) is 0 Å². The second-order valence-electron chi connectivity index (χ2n) is 13.6. The third kappa shape index (κ3) is 7.74. The van der Waals surface area contributed by atoms with Gasteiger partial charge in [-0.1, -0.05) is 102 Å². The van der Waals surface area contributed by atoms with Crippen molar-refractivity contribution in [2.24, 2.45) is 10.8 Å². The predicted molar refractivity (Wildman–Crippen MR) is 179 cm³/mol. The zero-order valence-electron chi connectivity index (χ0n) is 27.4. The summed E-state index contributed by atoms with van der Waals surface area (Å²) >= 11 is 0. The fourth-order valence-corrected chi connectivity index (χ4v) is 5.83. The van der Waals surface area contributed by atoms with Crippen molar-refractivity contribution in [2.75, 3.05) is 14.2 Å². The Hall–Kier alpha value is -4.00. The van der Waals surface area contributed by atoms with E-state index in [1.165, 1.54) is 25.3 Å². The molecule has 0 amide bonds. The third-order valence-electron chi connectivity index (χ3n) is 8.02. The monoisotopic (exact) mass is 596 g/mol. The largest absolute Gasteiger partial charge is 0.504 e. The summed E-state index contributed by atoms with van der Waals surface area (Å²) in [6.45, 7) is 14.4. The van der Waals surface area contributed by atoms with Gasteiger partial charge < -0.3 is 30.3 Å². The molecule has 4 aromatic carbocycles. The molecule has 0 saturated heterocycles. The molecule has 6 heteroatoms. The van der Waals surface area contributed by atoms with Crippen LogP contribution >= 0.6 is 0 Å². The van der Waals surface area contributed by atoms with E-state index in [1.54, 1.807) is 0 Å². The molecule has 234 valence electrons. The van der Waals surface area contributed by atoms with Crippen LogP contribution in [0.3, 0.4) is 0 Å². The zero-order valence-corrected chi connectivity index (χ0v) is 27.4. The molecule has 0 unspecified atom stereocenters. The molecule has 0 aliphatic rings. The molecule has 0 spiro atoms. The van der Waals surface area contributed by atoms with Crippen molar-refractivity contribution in [2.45, 2.75) is 66.7 Å². The Morgan fingerprint density at radius 3 is 1.20 bits per heavy atom. The van der Waals surface area contributed by atoms with E-state index in [0.29, 0.717) is 35.7 Å². The molecular formula is C38H48N2O4. The molecule has 6 nitrogen and oxygen atoms in total. The lowest BCUT2D eigenvalue weighted by molar-refractivity contribution is 0.270. The number of phenolic OH excluding ortho intramolecular Hbond substituents is 2. The Morgan fingerprint density at radius 1 is 0.568 bits per heavy atom. The van der Waals surface area contributed by atoms with E-state index in [2.05, 4.69) is 101 Å². The number of phenols is 2. The van der Waals surface area contributed by atoms with E-state index in [4.69, 9.17) is 9.47 Å². The van der Waals surface area contributed by atoms with E-state index in [0.717, 1.165) is 11.1 Å². The van der Waals surface area contributed by atoms with Gasteiger partial charge in [-0.15, -0.1) is 0 Å². The van der Waals surface area contributed by atoms with Crippen LogP contribution in [0.2, 0.25) is 0 Å². The quantitative estimate of drug-likeness (QED) is 0.139. The van der Waals surface area contributed by atoms with Crippen LogP contribution < -0.4 is 20.1 Å². The molecule has 44 heavy (non-hydrogen) atoms. The molecule has 0 radical (unpaired) electrons. The summed E-state index contributed by atoms with van der Waals surface area (Å²) in [5, 5.41) is 30.0. The maximum absolute atomic E-state index is 11.3. The Bertz CT molecular complexity index is 1410. The minimum atomic E-state index is -0.0389. The van der Waals surface area contributed by atoms with Gasteiger partial charge in [0, 0.05) is 36.3 Å². The van der Waals surface area contributed by atoms with Crippen molar-refractivity contribution in [1.29, 1.82) is 0 Å². The van der Waals surface area contributed by atoms with Gasteiger partial charge in [0.05, 0.1) is 14.2 Å². The van der Waals surface area contributed by atoms with E-state index >= 15 is 0 Å². The molecule has 0 saturated carbocycles. The van der Waals surface area contributed by atoms with Crippen LogP contribution in [0, 0.1) is 10.8 Å². The standard InChI is InChI=1S/C38H48N2O4/c1-37(2,3)35(27-15-11-9-12-16-27)39-23-25-19-29(33(41)31(21-25)43-7)30-20-26(22-32(44-8)34(30)42)24-40-36(38(4,5)6)28-17-13-10-14-18-28/h9-22,35-36,39-42H,23-24H2,1-8H3/t35-,36-/m0/s1. The van der Waals surface area contributed by atoms with Crippen molar-refractivity contribution >= 4 is 0 Å². The van der Waals surface area contributed by atoms with E-state index in [9.17, 15) is 10.2 Å². The normalized spacial score (nSPS) is 13.4. The SMILES string of the molecule is COc1cc(CN[C@@H](c2ccccc2)C(C)(C)C)cc(-c2cc(CN[C@@H](c3ccccc3)C(C)(C)C)cc(OC)c2O)c1O. The average molecular weight is 597 g/mol. The van der Waals surface area contributed by atoms with Crippen molar-refractivity contribution < 1.29 is 19.7 Å². The lowest BCUT2D eigenvalue weighted by Gasteiger charge is -2.32. The first-order valence-electron chi connectivity index (χ1n) is 15.2. The van der Waals surface area contributed by atoms with Gasteiger partial charge in [-0.2, -0.15) is 0 Å². The summed E-state index contributed by atoms with van der Waals surface area (Å²) < 4.78 is 11.2. The molecule has 4 aromatic rings. The van der Waals surface area contributed by atoms with Gasteiger partial charge in [-0.3, -0.25) is 0 Å². The lowest BCUT2D eigenvalue weighted by Crippen LogP contribution is -2.32. The summed E-state index contributed by atoms with van der Waals surface area (Å²) in [4.78, 5) is 0. The number of nitrogens with one attached hydrogen (secondary N) is 2. The summed E-state index contributed by atoms with van der Waals surface area (Å²) in [7, 11) is 3.07. The number of hydrogen-bond donors (Lipinski definition) is 4. The third-order valence-corrected chi connectivity index (χ3v) is 8.02. The van der Waals surface area contributed by atoms with Crippen molar-refractivity contribution in [1.82, 2.24) is 10.6 Å². The molecule has 0 fully saturated rings. The highest BCUT2D eigenvalue weighted by Crippen LogP contribution is 2.46. The first-order valence-corrected chi connectivity index (χ1v) is 15.2. The van der Waals surface area contributed by atoms with Gasteiger partial charge in [0.25, 0.3) is 0 Å². The van der Waals surface area contributed by atoms with Crippen LogP contribution in [0.15, 0.2) is 84.9 Å². The molecule has 0 bridgehead atoms. The van der Waals surface area contributed by atoms with Crippen LogP contribution in [-0.2, 0) is 13.1 Å². The van der Waals surface area contributed by atoms with Crippen LogP contribution in [0.4, 0.5) is 0 Å². The average Bonchev–Trinajstić information content (AvgIpc) is 2.98. The zero-order chi connectivity index (χ0) is 32.1. The maximum Gasteiger partial charge on any atom is 0.165 e. The fourth-order valence-electron chi connectivity index (χ4n) is 5.83. The highest BCUT2D eigenvalue weighted by atomic mass is 16.5. The predicted octanol–water partition coefficient (Wildman–Crippen LogP) is 8.54. The Morgan fingerprint density at radius 2 is 0.909 bits per heavy atom. The first-order chi connectivity index (χ1) is 20.8. The van der Waals surface area contributed by atoms with Gasteiger partial charge in [0.15, 0.2) is 23.0 Å². The molecule has 4 rings (SSSR count). The minimum Gasteiger partial charge on any atom is -0.504 e. The summed E-state index contributed by atoms with van der Waals surface area (Å²) in [5.41, 5.74) is 5.11. The van der Waals surface area contributed by atoms with Crippen molar-refractivity contribution in [3.8, 4) is 34.1 Å². The Labute approximate surface area is 263 Å². The Kier molecular flexibility index (Phi) is 10.3. The minimum absolute atomic E-state index is 0.0361. The van der Waals surface area contributed by atoms with Crippen LogP contribution in [-0.4, -0.2) is 24.4 Å². The molecule has 0 aromatic heterocycles. The van der Waals surface area contributed by atoms with Crippen molar-refractivity contribution in [3.63, 3.8) is 0 Å². The molecule has 0 aliphatic heterocycles. The molecular weight excluding hydrogens is 548 g/mol. The second kappa shape index (κ2) is 13.7. The van der Waals surface area contributed by atoms with Gasteiger partial charge >= 0.3 is 0 Å². The molecule has 0 aliphatic carbocycles. The first kappa shape index (κ1) is 32.9. The molecule has 4 N–H and O–H groups in total. The number of methoxy groups -OCH3 is 2. The van der Waals surface area contributed by atoms with Crippen LogP contribution in [0.25, 0.3) is 11.1 Å². The Balaban J connectivity index is 1.70. The summed E-state index contributed by atoms with van der Waals surface area (Å²) in [6, 6.07) is 28.5. The van der Waals surface area contributed by atoms with Crippen molar-refractivity contribution in [3.05, 3.63) is 107 Å². The van der Waals surface area contributed by atoms with Gasteiger partial charge in [-0.05, 0) is 57.3 Å². The van der Waals surface area contributed by atoms with Crippen LogP contribution in [0.1, 0.15) is 75.9 Å².